The second-order valence-corrected chi connectivity index (χ2v) is 6.52. The van der Waals surface area contributed by atoms with Crippen LogP contribution in [0.15, 0.2) is 64.2 Å². The molecule has 0 aliphatic heterocycles. The first-order chi connectivity index (χ1) is 13.4. The Hall–Kier alpha value is -3.87. The molecular weight excluding hydrogens is 358 g/mol. The fraction of sp³-hybridized carbons (Fsp3) is 0.0952. The maximum absolute atomic E-state index is 13.2. The molecule has 0 aliphatic carbocycles. The number of hydrogen-bond donors (Lipinski definition) is 2. The summed E-state index contributed by atoms with van der Waals surface area (Å²) in [6.45, 7) is 0. The van der Waals surface area contributed by atoms with E-state index in [2.05, 4.69) is 4.98 Å². The van der Waals surface area contributed by atoms with Gasteiger partial charge < -0.3 is 10.1 Å². The molecule has 4 aromatic rings. The Morgan fingerprint density at radius 1 is 0.929 bits per heavy atom. The maximum Gasteiger partial charge on any atom is 0.332 e. The minimum Gasteiger partial charge on any atom is -0.507 e. The zero-order valence-corrected chi connectivity index (χ0v) is 15.3. The lowest BCUT2D eigenvalue weighted by Crippen LogP contribution is -2.36. The predicted molar refractivity (Wildman–Crippen MR) is 106 cm³/mol. The number of phenolic OH excluding ortho intramolecular Hbond substituents is 1. The average Bonchev–Trinajstić information content (AvgIpc) is 3.12. The molecule has 0 unspecified atom stereocenters. The van der Waals surface area contributed by atoms with Gasteiger partial charge in [0, 0.05) is 19.7 Å². The number of nitrogens with one attached hydrogen (secondary N) is 1. The molecule has 28 heavy (non-hydrogen) atoms. The summed E-state index contributed by atoms with van der Waals surface area (Å²) in [5.74, 6) is -0.630. The summed E-state index contributed by atoms with van der Waals surface area (Å²) in [6, 6.07) is 15.2. The molecule has 0 aliphatic rings. The number of para-hydroxylation sites is 1. The van der Waals surface area contributed by atoms with Crippen molar-refractivity contribution in [1.29, 1.82) is 0 Å². The highest BCUT2D eigenvalue weighted by Gasteiger charge is 2.26. The third kappa shape index (κ3) is 2.48. The topological polar surface area (TPSA) is 97.1 Å². The third-order valence-electron chi connectivity index (χ3n) is 4.85. The second kappa shape index (κ2) is 6.38. The van der Waals surface area contributed by atoms with E-state index in [1.54, 1.807) is 36.4 Å². The average molecular weight is 375 g/mol. The molecule has 2 aromatic heterocycles. The van der Waals surface area contributed by atoms with Crippen molar-refractivity contribution >= 4 is 16.8 Å². The first-order valence-electron chi connectivity index (χ1n) is 8.61. The zero-order chi connectivity index (χ0) is 20.0. The molecule has 2 aromatic carbocycles. The molecule has 2 heterocycles. The molecule has 0 bridgehead atoms. The van der Waals surface area contributed by atoms with Crippen LogP contribution in [0.4, 0.5) is 0 Å². The number of fused-ring (bicyclic) bond motifs is 1. The first-order valence-corrected chi connectivity index (χ1v) is 8.61. The van der Waals surface area contributed by atoms with E-state index in [0.29, 0.717) is 11.1 Å². The van der Waals surface area contributed by atoms with Crippen LogP contribution in [0.1, 0.15) is 16.1 Å². The first kappa shape index (κ1) is 17.5. The van der Waals surface area contributed by atoms with Crippen molar-refractivity contribution in [3.8, 4) is 16.9 Å². The molecule has 0 amide bonds. The lowest BCUT2D eigenvalue weighted by molar-refractivity contribution is 0.103. The van der Waals surface area contributed by atoms with Crippen LogP contribution in [0, 0.1) is 0 Å². The summed E-state index contributed by atoms with van der Waals surface area (Å²) in [7, 11) is 2.93. The van der Waals surface area contributed by atoms with Gasteiger partial charge in [-0.1, -0.05) is 42.5 Å². The molecule has 0 fully saturated rings. The Kier molecular flexibility index (Phi) is 4.00. The SMILES string of the molecule is Cn1c(=O)c2c(-c3ccccc3)c(C(=O)c3ccccc3O)[nH]c2n(C)c1=O. The van der Waals surface area contributed by atoms with Crippen LogP contribution < -0.4 is 11.2 Å². The highest BCUT2D eigenvalue weighted by atomic mass is 16.3. The van der Waals surface area contributed by atoms with E-state index in [1.807, 2.05) is 6.07 Å². The van der Waals surface area contributed by atoms with Crippen LogP contribution >= 0.6 is 0 Å². The number of rotatable bonds is 3. The van der Waals surface area contributed by atoms with Gasteiger partial charge in [0.25, 0.3) is 5.56 Å². The molecule has 0 spiro atoms. The van der Waals surface area contributed by atoms with E-state index in [9.17, 15) is 19.5 Å². The fourth-order valence-corrected chi connectivity index (χ4v) is 3.39. The molecular formula is C21H17N3O4. The van der Waals surface area contributed by atoms with E-state index in [1.165, 1.54) is 30.8 Å². The van der Waals surface area contributed by atoms with Crippen LogP contribution in [0.5, 0.6) is 5.75 Å². The summed E-state index contributed by atoms with van der Waals surface area (Å²) in [4.78, 5) is 41.4. The molecule has 140 valence electrons. The maximum atomic E-state index is 13.2. The number of carbonyl (C=O) groups excluding carboxylic acids is 1. The van der Waals surface area contributed by atoms with Gasteiger partial charge in [0.05, 0.1) is 16.6 Å². The Morgan fingerprint density at radius 2 is 1.57 bits per heavy atom. The van der Waals surface area contributed by atoms with Gasteiger partial charge in [0.1, 0.15) is 11.4 Å². The number of aromatic amines is 1. The summed E-state index contributed by atoms with van der Waals surface area (Å²) < 4.78 is 2.31. The molecule has 2 N–H and O–H groups in total. The zero-order valence-electron chi connectivity index (χ0n) is 15.3. The van der Waals surface area contributed by atoms with Crippen LogP contribution in [0.3, 0.4) is 0 Å². The number of ketones is 1. The Bertz CT molecular complexity index is 1340. The number of aromatic nitrogens is 3. The lowest BCUT2D eigenvalue weighted by Gasteiger charge is -2.06. The number of H-pyrrole nitrogens is 1. The van der Waals surface area contributed by atoms with Gasteiger partial charge in [-0.05, 0) is 17.7 Å². The van der Waals surface area contributed by atoms with Crippen LogP contribution in [0.25, 0.3) is 22.2 Å². The molecule has 4 rings (SSSR count). The van der Waals surface area contributed by atoms with E-state index in [-0.39, 0.29) is 28.0 Å². The molecule has 0 atom stereocenters. The number of hydrogen-bond acceptors (Lipinski definition) is 4. The quantitative estimate of drug-likeness (QED) is 0.536. The standard InChI is InChI=1S/C21H17N3O4/c1-23-19-16(20(27)24(2)21(23)28)15(12-8-4-3-5-9-12)17(22-19)18(26)13-10-6-7-11-14(13)25/h3-11,22,25H,1-2H3. The van der Waals surface area contributed by atoms with Crippen molar-refractivity contribution in [2.75, 3.05) is 0 Å². The normalized spacial score (nSPS) is 11.1. The molecule has 0 saturated heterocycles. The van der Waals surface area contributed by atoms with E-state index >= 15 is 0 Å². The van der Waals surface area contributed by atoms with Gasteiger partial charge in [0.2, 0.25) is 5.78 Å². The van der Waals surface area contributed by atoms with Crippen molar-refractivity contribution < 1.29 is 9.90 Å². The highest BCUT2D eigenvalue weighted by molar-refractivity contribution is 6.17. The molecule has 0 radical (unpaired) electrons. The Morgan fingerprint density at radius 3 is 2.25 bits per heavy atom. The minimum atomic E-state index is -0.500. The minimum absolute atomic E-state index is 0.105. The van der Waals surface area contributed by atoms with Crippen LogP contribution in [0.2, 0.25) is 0 Å². The second-order valence-electron chi connectivity index (χ2n) is 6.52. The number of nitrogens with zero attached hydrogens (tertiary/aromatic N) is 2. The number of carbonyl (C=O) groups is 1. The van der Waals surface area contributed by atoms with Gasteiger partial charge >= 0.3 is 5.69 Å². The van der Waals surface area contributed by atoms with Crippen molar-refractivity contribution in [2.45, 2.75) is 0 Å². The van der Waals surface area contributed by atoms with Crippen LogP contribution in [-0.2, 0) is 14.1 Å². The fourth-order valence-electron chi connectivity index (χ4n) is 3.39. The lowest BCUT2D eigenvalue weighted by atomic mass is 9.98. The molecule has 0 saturated carbocycles. The monoisotopic (exact) mass is 375 g/mol. The summed E-state index contributed by atoms with van der Waals surface area (Å²) in [5, 5.41) is 10.4. The van der Waals surface area contributed by atoms with E-state index in [4.69, 9.17) is 0 Å². The van der Waals surface area contributed by atoms with Gasteiger partial charge in [-0.2, -0.15) is 0 Å². The van der Waals surface area contributed by atoms with Crippen molar-refractivity contribution in [2.24, 2.45) is 14.1 Å². The largest absolute Gasteiger partial charge is 0.507 e. The van der Waals surface area contributed by atoms with Crippen LogP contribution in [-0.4, -0.2) is 25.0 Å². The number of phenols is 1. The smallest absolute Gasteiger partial charge is 0.332 e. The van der Waals surface area contributed by atoms with Crippen molar-refractivity contribution in [1.82, 2.24) is 14.1 Å². The summed E-state index contributed by atoms with van der Waals surface area (Å²) >= 11 is 0. The van der Waals surface area contributed by atoms with Crippen molar-refractivity contribution in [3.05, 3.63) is 86.7 Å². The third-order valence-corrected chi connectivity index (χ3v) is 4.85. The summed E-state index contributed by atoms with van der Waals surface area (Å²) in [5.41, 5.74) is 0.563. The van der Waals surface area contributed by atoms with E-state index < -0.39 is 17.0 Å². The molecule has 7 nitrogen and oxygen atoms in total. The summed E-state index contributed by atoms with van der Waals surface area (Å²) in [6.07, 6.45) is 0. The van der Waals surface area contributed by atoms with Gasteiger partial charge in [0.15, 0.2) is 0 Å². The Balaban J connectivity index is 2.16. The van der Waals surface area contributed by atoms with Gasteiger partial charge in [-0.25, -0.2) is 4.79 Å². The number of aryl methyl sites for hydroxylation is 1. The van der Waals surface area contributed by atoms with Crippen molar-refractivity contribution in [3.63, 3.8) is 0 Å². The highest BCUT2D eigenvalue weighted by Crippen LogP contribution is 2.32. The van der Waals surface area contributed by atoms with Gasteiger partial charge in [-0.15, -0.1) is 0 Å². The molecule has 7 heteroatoms. The van der Waals surface area contributed by atoms with E-state index in [0.717, 1.165) is 4.57 Å². The predicted octanol–water partition coefficient (Wildman–Crippen LogP) is 2.17. The van der Waals surface area contributed by atoms with Gasteiger partial charge in [-0.3, -0.25) is 18.7 Å². The number of aromatic hydroxyl groups is 1. The Labute approximate surface area is 159 Å². The number of benzene rings is 2.